The lowest BCUT2D eigenvalue weighted by Gasteiger charge is -2.31. The zero-order valence-corrected chi connectivity index (χ0v) is 11.3. The van der Waals surface area contributed by atoms with Crippen molar-refractivity contribution >= 4 is 0 Å². The van der Waals surface area contributed by atoms with Crippen LogP contribution in [-0.4, -0.2) is 31.6 Å². The molecular weight excluding hydrogens is 224 g/mol. The van der Waals surface area contributed by atoms with Crippen LogP contribution in [0, 0.1) is 5.92 Å². The van der Waals surface area contributed by atoms with Crippen LogP contribution in [-0.2, 0) is 17.9 Å². The van der Waals surface area contributed by atoms with Crippen LogP contribution in [0.4, 0.5) is 0 Å². The molecule has 1 aromatic rings. The number of benzene rings is 1. The van der Waals surface area contributed by atoms with Crippen molar-refractivity contribution in [2.24, 2.45) is 11.7 Å². The van der Waals surface area contributed by atoms with Gasteiger partial charge in [-0.2, -0.15) is 0 Å². The third-order valence-corrected chi connectivity index (χ3v) is 3.85. The lowest BCUT2D eigenvalue weighted by Crippen LogP contribution is -2.35. The van der Waals surface area contributed by atoms with Gasteiger partial charge in [0.2, 0.25) is 0 Å². The fourth-order valence-electron chi connectivity index (χ4n) is 2.63. The normalized spacial score (nSPS) is 18.1. The summed E-state index contributed by atoms with van der Waals surface area (Å²) in [5.41, 5.74) is 8.43. The minimum absolute atomic E-state index is 0.704. The third-order valence-electron chi connectivity index (χ3n) is 3.85. The summed E-state index contributed by atoms with van der Waals surface area (Å²) in [5, 5.41) is 0. The molecule has 0 bridgehead atoms. The van der Waals surface area contributed by atoms with E-state index in [1.165, 1.54) is 37.1 Å². The molecule has 3 heteroatoms. The number of piperidine rings is 1. The van der Waals surface area contributed by atoms with Crippen LogP contribution in [0.3, 0.4) is 0 Å². The molecule has 1 aliphatic heterocycles. The molecule has 0 aliphatic carbocycles. The van der Waals surface area contributed by atoms with Gasteiger partial charge in [0.15, 0.2) is 0 Å². The molecule has 2 N–H and O–H groups in total. The molecule has 0 amide bonds. The summed E-state index contributed by atoms with van der Waals surface area (Å²) in [4.78, 5) is 2.53. The van der Waals surface area contributed by atoms with Crippen LogP contribution in [0.25, 0.3) is 0 Å². The van der Waals surface area contributed by atoms with Gasteiger partial charge in [-0.1, -0.05) is 24.3 Å². The second kappa shape index (κ2) is 6.88. The van der Waals surface area contributed by atoms with E-state index in [0.29, 0.717) is 6.61 Å². The Hall–Kier alpha value is -0.900. The Labute approximate surface area is 110 Å². The standard InChI is InChI=1S/C15H24N2O/c1-18-12-15-5-3-2-4-14(15)11-17-8-6-13(10-16)7-9-17/h2-5,13H,6-12,16H2,1H3. The predicted octanol–water partition coefficient (Wildman–Crippen LogP) is 2.00. The Kier molecular flexibility index (Phi) is 5.17. The quantitative estimate of drug-likeness (QED) is 0.866. The van der Waals surface area contributed by atoms with Crippen molar-refractivity contribution in [1.82, 2.24) is 4.90 Å². The van der Waals surface area contributed by atoms with Gasteiger partial charge in [0.25, 0.3) is 0 Å². The molecule has 18 heavy (non-hydrogen) atoms. The average Bonchev–Trinajstić information content (AvgIpc) is 2.42. The number of likely N-dealkylation sites (tertiary alicyclic amines) is 1. The van der Waals surface area contributed by atoms with Gasteiger partial charge in [0, 0.05) is 13.7 Å². The number of ether oxygens (including phenoxy) is 1. The van der Waals surface area contributed by atoms with Crippen molar-refractivity contribution in [3.63, 3.8) is 0 Å². The van der Waals surface area contributed by atoms with Crippen molar-refractivity contribution < 1.29 is 4.74 Å². The zero-order valence-electron chi connectivity index (χ0n) is 11.3. The van der Waals surface area contributed by atoms with Gasteiger partial charge in [-0.3, -0.25) is 4.90 Å². The summed E-state index contributed by atoms with van der Waals surface area (Å²) >= 11 is 0. The third kappa shape index (κ3) is 3.55. The van der Waals surface area contributed by atoms with Crippen LogP contribution in [0.15, 0.2) is 24.3 Å². The average molecular weight is 248 g/mol. The summed E-state index contributed by atoms with van der Waals surface area (Å²) < 4.78 is 5.26. The van der Waals surface area contributed by atoms with Crippen LogP contribution >= 0.6 is 0 Å². The van der Waals surface area contributed by atoms with Crippen molar-refractivity contribution in [3.8, 4) is 0 Å². The predicted molar refractivity (Wildman–Crippen MR) is 74.2 cm³/mol. The van der Waals surface area contributed by atoms with E-state index in [9.17, 15) is 0 Å². The molecule has 0 unspecified atom stereocenters. The number of nitrogens with zero attached hydrogens (tertiary/aromatic N) is 1. The van der Waals surface area contributed by atoms with E-state index in [1.54, 1.807) is 7.11 Å². The molecule has 2 rings (SSSR count). The molecular formula is C15H24N2O. The van der Waals surface area contributed by atoms with Gasteiger partial charge in [-0.05, 0) is 49.5 Å². The van der Waals surface area contributed by atoms with Crippen molar-refractivity contribution in [1.29, 1.82) is 0 Å². The summed E-state index contributed by atoms with van der Waals surface area (Å²) in [6.45, 7) is 4.92. The maximum absolute atomic E-state index is 5.73. The summed E-state index contributed by atoms with van der Waals surface area (Å²) in [6, 6.07) is 8.56. The first kappa shape index (κ1) is 13.5. The van der Waals surface area contributed by atoms with Gasteiger partial charge in [-0.15, -0.1) is 0 Å². The van der Waals surface area contributed by atoms with Crippen molar-refractivity contribution in [2.75, 3.05) is 26.7 Å². The van der Waals surface area contributed by atoms with Crippen molar-refractivity contribution in [2.45, 2.75) is 26.0 Å². The lowest BCUT2D eigenvalue weighted by atomic mass is 9.96. The Morgan fingerprint density at radius 2 is 1.89 bits per heavy atom. The minimum atomic E-state index is 0.704. The van der Waals surface area contributed by atoms with Crippen LogP contribution in [0.2, 0.25) is 0 Å². The molecule has 1 aliphatic rings. The molecule has 0 aromatic heterocycles. The first-order chi connectivity index (χ1) is 8.83. The molecule has 100 valence electrons. The second-order valence-electron chi connectivity index (χ2n) is 5.16. The van der Waals surface area contributed by atoms with Gasteiger partial charge in [-0.25, -0.2) is 0 Å². The fourth-order valence-corrected chi connectivity index (χ4v) is 2.63. The maximum atomic E-state index is 5.73. The Morgan fingerprint density at radius 3 is 2.50 bits per heavy atom. The molecule has 1 heterocycles. The highest BCUT2D eigenvalue weighted by Crippen LogP contribution is 2.19. The van der Waals surface area contributed by atoms with E-state index in [1.807, 2.05) is 0 Å². The SMILES string of the molecule is COCc1ccccc1CN1CCC(CN)CC1. The maximum Gasteiger partial charge on any atom is 0.0716 e. The highest BCUT2D eigenvalue weighted by molar-refractivity contribution is 5.26. The van der Waals surface area contributed by atoms with E-state index in [0.717, 1.165) is 19.0 Å². The molecule has 0 atom stereocenters. The number of nitrogens with two attached hydrogens (primary N) is 1. The number of rotatable bonds is 5. The Morgan fingerprint density at radius 1 is 1.22 bits per heavy atom. The van der Waals surface area contributed by atoms with Crippen molar-refractivity contribution in [3.05, 3.63) is 35.4 Å². The van der Waals surface area contributed by atoms with E-state index in [2.05, 4.69) is 29.2 Å². The van der Waals surface area contributed by atoms with Crippen LogP contribution < -0.4 is 5.73 Å². The summed E-state index contributed by atoms with van der Waals surface area (Å²) in [6.07, 6.45) is 2.48. The van der Waals surface area contributed by atoms with Crippen LogP contribution in [0.5, 0.6) is 0 Å². The van der Waals surface area contributed by atoms with E-state index in [4.69, 9.17) is 10.5 Å². The number of hydrogen-bond donors (Lipinski definition) is 1. The van der Waals surface area contributed by atoms with Crippen LogP contribution in [0.1, 0.15) is 24.0 Å². The lowest BCUT2D eigenvalue weighted by molar-refractivity contribution is 0.170. The molecule has 0 radical (unpaired) electrons. The molecule has 1 fully saturated rings. The molecule has 1 saturated heterocycles. The Bertz CT molecular complexity index is 359. The minimum Gasteiger partial charge on any atom is -0.380 e. The number of methoxy groups -OCH3 is 1. The molecule has 1 aromatic carbocycles. The highest BCUT2D eigenvalue weighted by atomic mass is 16.5. The second-order valence-corrected chi connectivity index (χ2v) is 5.16. The molecule has 3 nitrogen and oxygen atoms in total. The Balaban J connectivity index is 1.93. The summed E-state index contributed by atoms with van der Waals surface area (Å²) in [7, 11) is 1.75. The van der Waals surface area contributed by atoms with E-state index >= 15 is 0 Å². The van der Waals surface area contributed by atoms with E-state index < -0.39 is 0 Å². The first-order valence-electron chi connectivity index (χ1n) is 6.81. The van der Waals surface area contributed by atoms with E-state index in [-0.39, 0.29) is 0 Å². The van der Waals surface area contributed by atoms with Gasteiger partial charge in [0.05, 0.1) is 6.61 Å². The number of hydrogen-bond acceptors (Lipinski definition) is 3. The largest absolute Gasteiger partial charge is 0.380 e. The highest BCUT2D eigenvalue weighted by Gasteiger charge is 2.18. The van der Waals surface area contributed by atoms with Gasteiger partial charge in [0.1, 0.15) is 0 Å². The smallest absolute Gasteiger partial charge is 0.0716 e. The summed E-state index contributed by atoms with van der Waals surface area (Å²) in [5.74, 6) is 0.732. The van der Waals surface area contributed by atoms with Gasteiger partial charge < -0.3 is 10.5 Å². The topological polar surface area (TPSA) is 38.5 Å². The molecule has 0 spiro atoms. The fraction of sp³-hybridized carbons (Fsp3) is 0.600. The van der Waals surface area contributed by atoms with Gasteiger partial charge >= 0.3 is 0 Å². The molecule has 0 saturated carbocycles. The zero-order chi connectivity index (χ0) is 12.8. The first-order valence-corrected chi connectivity index (χ1v) is 6.81. The monoisotopic (exact) mass is 248 g/mol.